The highest BCUT2D eigenvalue weighted by Crippen LogP contribution is 2.11. The van der Waals surface area contributed by atoms with Gasteiger partial charge in [0.2, 0.25) is 0 Å². The topological polar surface area (TPSA) is 29.3 Å². The van der Waals surface area contributed by atoms with E-state index in [1.807, 2.05) is 0 Å². The standard InChI is InChI=1S/C13H30N2/c1-5-7-8-9-13(10-14)15(6-2)11-12(3)4/h12-13H,5-11,14H2,1-4H3. The molecule has 0 spiro atoms. The van der Waals surface area contributed by atoms with Crippen LogP contribution >= 0.6 is 0 Å². The summed E-state index contributed by atoms with van der Waals surface area (Å²) in [7, 11) is 0. The lowest BCUT2D eigenvalue weighted by Crippen LogP contribution is -2.42. The SMILES string of the molecule is CCCCCC(CN)N(CC)CC(C)C. The van der Waals surface area contributed by atoms with Gasteiger partial charge in [0, 0.05) is 19.1 Å². The van der Waals surface area contributed by atoms with Gasteiger partial charge in [0.25, 0.3) is 0 Å². The van der Waals surface area contributed by atoms with E-state index in [-0.39, 0.29) is 0 Å². The van der Waals surface area contributed by atoms with Crippen LogP contribution in [0.25, 0.3) is 0 Å². The average molecular weight is 214 g/mol. The van der Waals surface area contributed by atoms with Crippen LogP contribution in [0.5, 0.6) is 0 Å². The van der Waals surface area contributed by atoms with E-state index in [0.29, 0.717) is 6.04 Å². The van der Waals surface area contributed by atoms with Crippen molar-refractivity contribution in [2.75, 3.05) is 19.6 Å². The summed E-state index contributed by atoms with van der Waals surface area (Å²) in [5.41, 5.74) is 5.87. The molecule has 0 bridgehead atoms. The van der Waals surface area contributed by atoms with Crippen LogP contribution in [0.2, 0.25) is 0 Å². The molecule has 1 atom stereocenters. The number of likely N-dealkylation sites (N-methyl/N-ethyl adjacent to an activating group) is 1. The van der Waals surface area contributed by atoms with Gasteiger partial charge >= 0.3 is 0 Å². The van der Waals surface area contributed by atoms with E-state index in [4.69, 9.17) is 5.73 Å². The Morgan fingerprint density at radius 1 is 1.13 bits per heavy atom. The number of nitrogens with two attached hydrogens (primary N) is 1. The minimum absolute atomic E-state index is 0.601. The van der Waals surface area contributed by atoms with Gasteiger partial charge in [0.05, 0.1) is 0 Å². The van der Waals surface area contributed by atoms with Crippen molar-refractivity contribution in [2.45, 2.75) is 59.4 Å². The van der Waals surface area contributed by atoms with E-state index in [2.05, 4.69) is 32.6 Å². The lowest BCUT2D eigenvalue weighted by atomic mass is 10.1. The zero-order valence-electron chi connectivity index (χ0n) is 11.1. The third kappa shape index (κ3) is 6.91. The summed E-state index contributed by atoms with van der Waals surface area (Å²) in [6.45, 7) is 12.2. The summed E-state index contributed by atoms with van der Waals surface area (Å²) >= 11 is 0. The fraction of sp³-hybridized carbons (Fsp3) is 1.00. The van der Waals surface area contributed by atoms with Crippen LogP contribution in [-0.4, -0.2) is 30.6 Å². The van der Waals surface area contributed by atoms with Crippen LogP contribution in [0.3, 0.4) is 0 Å². The maximum Gasteiger partial charge on any atom is 0.0218 e. The highest BCUT2D eigenvalue weighted by atomic mass is 15.2. The fourth-order valence-electron chi connectivity index (χ4n) is 2.08. The van der Waals surface area contributed by atoms with Crippen LogP contribution in [0.1, 0.15) is 53.4 Å². The van der Waals surface area contributed by atoms with Gasteiger partial charge < -0.3 is 5.73 Å². The first-order valence-corrected chi connectivity index (χ1v) is 6.59. The zero-order valence-corrected chi connectivity index (χ0v) is 11.1. The number of unbranched alkanes of at least 4 members (excludes halogenated alkanes) is 2. The maximum absolute atomic E-state index is 5.87. The summed E-state index contributed by atoms with van der Waals surface area (Å²) in [6.07, 6.45) is 5.24. The van der Waals surface area contributed by atoms with Gasteiger partial charge in [0.1, 0.15) is 0 Å². The quantitative estimate of drug-likeness (QED) is 0.598. The molecule has 0 rings (SSSR count). The molecule has 92 valence electrons. The van der Waals surface area contributed by atoms with Crippen molar-refractivity contribution in [3.63, 3.8) is 0 Å². The van der Waals surface area contributed by atoms with Gasteiger partial charge in [-0.25, -0.2) is 0 Å². The maximum atomic E-state index is 5.87. The van der Waals surface area contributed by atoms with Crippen molar-refractivity contribution >= 4 is 0 Å². The Morgan fingerprint density at radius 3 is 2.20 bits per heavy atom. The second-order valence-corrected chi connectivity index (χ2v) is 4.87. The number of rotatable bonds is 9. The predicted molar refractivity (Wildman–Crippen MR) is 69.1 cm³/mol. The van der Waals surface area contributed by atoms with Gasteiger partial charge in [0.15, 0.2) is 0 Å². The summed E-state index contributed by atoms with van der Waals surface area (Å²) < 4.78 is 0. The molecular weight excluding hydrogens is 184 g/mol. The Kier molecular flexibility index (Phi) is 9.12. The van der Waals surface area contributed by atoms with E-state index >= 15 is 0 Å². The van der Waals surface area contributed by atoms with Crippen molar-refractivity contribution < 1.29 is 0 Å². The van der Waals surface area contributed by atoms with E-state index in [1.165, 1.54) is 32.2 Å². The van der Waals surface area contributed by atoms with Crippen LogP contribution in [0.15, 0.2) is 0 Å². The smallest absolute Gasteiger partial charge is 0.0218 e. The molecule has 0 aliphatic rings. The predicted octanol–water partition coefficient (Wildman–Crippen LogP) is 2.87. The molecule has 2 nitrogen and oxygen atoms in total. The highest BCUT2D eigenvalue weighted by Gasteiger charge is 2.15. The molecule has 0 aromatic rings. The van der Waals surface area contributed by atoms with Crippen LogP contribution in [0.4, 0.5) is 0 Å². The Hall–Kier alpha value is -0.0800. The van der Waals surface area contributed by atoms with Crippen LogP contribution in [-0.2, 0) is 0 Å². The molecule has 0 aromatic heterocycles. The van der Waals surface area contributed by atoms with Gasteiger partial charge in [-0.2, -0.15) is 0 Å². The molecule has 0 aliphatic heterocycles. The van der Waals surface area contributed by atoms with E-state index < -0.39 is 0 Å². The van der Waals surface area contributed by atoms with Crippen LogP contribution < -0.4 is 5.73 Å². The van der Waals surface area contributed by atoms with E-state index in [0.717, 1.165) is 19.0 Å². The molecule has 0 radical (unpaired) electrons. The summed E-state index contributed by atoms with van der Waals surface area (Å²) in [5, 5.41) is 0. The summed E-state index contributed by atoms with van der Waals surface area (Å²) in [4.78, 5) is 2.54. The van der Waals surface area contributed by atoms with E-state index in [1.54, 1.807) is 0 Å². The molecule has 0 aromatic carbocycles. The number of hydrogen-bond acceptors (Lipinski definition) is 2. The first-order valence-electron chi connectivity index (χ1n) is 6.59. The normalized spacial score (nSPS) is 13.8. The number of nitrogens with zero attached hydrogens (tertiary/aromatic N) is 1. The first kappa shape index (κ1) is 14.9. The molecular formula is C13H30N2. The molecule has 0 amide bonds. The molecule has 0 saturated carbocycles. The Bertz CT molecular complexity index is 134. The van der Waals surface area contributed by atoms with Crippen molar-refractivity contribution in [3.05, 3.63) is 0 Å². The first-order chi connectivity index (χ1) is 7.15. The molecule has 0 aliphatic carbocycles. The van der Waals surface area contributed by atoms with Gasteiger partial charge in [-0.1, -0.05) is 47.0 Å². The Balaban J connectivity index is 3.96. The molecule has 2 N–H and O–H groups in total. The fourth-order valence-corrected chi connectivity index (χ4v) is 2.08. The van der Waals surface area contributed by atoms with Crippen LogP contribution in [0, 0.1) is 5.92 Å². The zero-order chi connectivity index (χ0) is 11.7. The van der Waals surface area contributed by atoms with Crippen molar-refractivity contribution in [1.29, 1.82) is 0 Å². The molecule has 0 fully saturated rings. The third-order valence-electron chi connectivity index (χ3n) is 2.94. The molecule has 15 heavy (non-hydrogen) atoms. The Labute approximate surface area is 96.2 Å². The summed E-state index contributed by atoms with van der Waals surface area (Å²) in [6, 6.07) is 0.601. The molecule has 2 heteroatoms. The number of hydrogen-bond donors (Lipinski definition) is 1. The Morgan fingerprint density at radius 2 is 1.80 bits per heavy atom. The average Bonchev–Trinajstić information content (AvgIpc) is 2.21. The van der Waals surface area contributed by atoms with Gasteiger partial charge in [-0.3, -0.25) is 4.90 Å². The lowest BCUT2D eigenvalue weighted by molar-refractivity contribution is 0.176. The minimum Gasteiger partial charge on any atom is -0.329 e. The lowest BCUT2D eigenvalue weighted by Gasteiger charge is -2.31. The summed E-state index contributed by atoms with van der Waals surface area (Å²) in [5.74, 6) is 0.741. The van der Waals surface area contributed by atoms with Gasteiger partial charge in [-0.05, 0) is 18.9 Å². The van der Waals surface area contributed by atoms with Crippen molar-refractivity contribution in [2.24, 2.45) is 11.7 Å². The molecule has 0 heterocycles. The van der Waals surface area contributed by atoms with Crippen molar-refractivity contribution in [3.8, 4) is 0 Å². The monoisotopic (exact) mass is 214 g/mol. The second kappa shape index (κ2) is 9.17. The molecule has 0 saturated heterocycles. The van der Waals surface area contributed by atoms with Gasteiger partial charge in [-0.15, -0.1) is 0 Å². The third-order valence-corrected chi connectivity index (χ3v) is 2.94. The second-order valence-electron chi connectivity index (χ2n) is 4.87. The minimum atomic E-state index is 0.601. The largest absolute Gasteiger partial charge is 0.329 e. The van der Waals surface area contributed by atoms with E-state index in [9.17, 15) is 0 Å². The molecule has 1 unspecified atom stereocenters. The van der Waals surface area contributed by atoms with Crippen molar-refractivity contribution in [1.82, 2.24) is 4.90 Å². The highest BCUT2D eigenvalue weighted by molar-refractivity contribution is 4.72.